The van der Waals surface area contributed by atoms with Crippen LogP contribution in [0.2, 0.25) is 5.02 Å². The van der Waals surface area contributed by atoms with Gasteiger partial charge in [0.05, 0.1) is 12.3 Å². The lowest BCUT2D eigenvalue weighted by Crippen LogP contribution is -2.21. The molecule has 8 heteroatoms. The first kappa shape index (κ1) is 20.0. The number of guanidine groups is 1. The third kappa shape index (κ3) is 6.16. The Morgan fingerprint density at radius 2 is 2.00 bits per heavy atom. The first-order chi connectivity index (χ1) is 12.9. The number of hydrogen-bond acceptors (Lipinski definition) is 4. The van der Waals surface area contributed by atoms with E-state index in [1.165, 1.54) is 6.08 Å². The fraction of sp³-hybridized carbons (Fsp3) is 0.105. The minimum Gasteiger partial charge on any atom is -0.463 e. The van der Waals surface area contributed by atoms with Gasteiger partial charge >= 0.3 is 5.97 Å². The number of hydrogen-bond donors (Lipinski definition) is 3. The molecule has 0 unspecified atom stereocenters. The predicted molar refractivity (Wildman–Crippen MR) is 107 cm³/mol. The van der Waals surface area contributed by atoms with E-state index in [1.807, 2.05) is 0 Å². The van der Waals surface area contributed by atoms with Crippen molar-refractivity contribution in [2.75, 3.05) is 11.9 Å². The summed E-state index contributed by atoms with van der Waals surface area (Å²) in [4.78, 5) is 27.7. The molecule has 2 aromatic carbocycles. The minimum absolute atomic E-state index is 0.0919. The maximum Gasteiger partial charge on any atom is 0.330 e. The van der Waals surface area contributed by atoms with E-state index >= 15 is 0 Å². The lowest BCUT2D eigenvalue weighted by atomic mass is 10.1. The van der Waals surface area contributed by atoms with Crippen LogP contribution in [0, 0.1) is 0 Å². The summed E-state index contributed by atoms with van der Waals surface area (Å²) in [7, 11) is 0. The van der Waals surface area contributed by atoms with Gasteiger partial charge < -0.3 is 21.5 Å². The number of halogens is 1. The number of nitrogens with one attached hydrogen (secondary N) is 1. The molecule has 0 aromatic heterocycles. The molecule has 0 saturated heterocycles. The Labute approximate surface area is 161 Å². The Morgan fingerprint density at radius 1 is 1.22 bits per heavy atom. The number of ether oxygens (including phenoxy) is 1. The van der Waals surface area contributed by atoms with Crippen molar-refractivity contribution in [1.82, 2.24) is 0 Å². The molecule has 0 aliphatic rings. The van der Waals surface area contributed by atoms with Crippen molar-refractivity contribution < 1.29 is 14.3 Å². The van der Waals surface area contributed by atoms with Gasteiger partial charge in [0.25, 0.3) is 5.91 Å². The highest BCUT2D eigenvalue weighted by Gasteiger charge is 2.08. The van der Waals surface area contributed by atoms with E-state index in [0.717, 1.165) is 0 Å². The minimum atomic E-state index is -0.452. The fourth-order valence-corrected chi connectivity index (χ4v) is 2.40. The molecule has 7 nitrogen and oxygen atoms in total. The van der Waals surface area contributed by atoms with Crippen LogP contribution in [0.25, 0.3) is 6.08 Å². The quantitative estimate of drug-likeness (QED) is 0.305. The van der Waals surface area contributed by atoms with Crippen LogP contribution in [0.1, 0.15) is 22.8 Å². The normalized spacial score (nSPS) is 10.4. The van der Waals surface area contributed by atoms with E-state index in [1.54, 1.807) is 55.5 Å². The summed E-state index contributed by atoms with van der Waals surface area (Å²) in [5.74, 6) is -0.883. The molecule has 140 valence electrons. The van der Waals surface area contributed by atoms with Gasteiger partial charge in [-0.05, 0) is 48.9 Å². The third-order valence-electron chi connectivity index (χ3n) is 3.31. The smallest absolute Gasteiger partial charge is 0.330 e. The van der Waals surface area contributed by atoms with Crippen LogP contribution in [0.4, 0.5) is 11.4 Å². The number of nitrogens with two attached hydrogens (primary N) is 2. The van der Waals surface area contributed by atoms with Crippen molar-refractivity contribution in [2.24, 2.45) is 16.5 Å². The largest absolute Gasteiger partial charge is 0.463 e. The van der Waals surface area contributed by atoms with Gasteiger partial charge in [0.2, 0.25) is 0 Å². The van der Waals surface area contributed by atoms with Crippen LogP contribution in [0.3, 0.4) is 0 Å². The van der Waals surface area contributed by atoms with Gasteiger partial charge in [0.1, 0.15) is 0 Å². The number of carbonyl (C=O) groups is 2. The molecule has 0 fully saturated rings. The van der Waals surface area contributed by atoms with Crippen molar-refractivity contribution >= 4 is 46.9 Å². The monoisotopic (exact) mass is 386 g/mol. The Kier molecular flexibility index (Phi) is 6.96. The Hall–Kier alpha value is -3.32. The molecule has 0 heterocycles. The maximum atomic E-state index is 12.4. The van der Waals surface area contributed by atoms with Gasteiger partial charge in [0.15, 0.2) is 5.96 Å². The fourth-order valence-electron chi connectivity index (χ4n) is 2.16. The zero-order valence-electron chi connectivity index (χ0n) is 14.6. The van der Waals surface area contributed by atoms with Gasteiger partial charge in [0, 0.05) is 22.3 Å². The molecular formula is C19H19ClN4O3. The number of rotatable bonds is 6. The average Bonchev–Trinajstić information content (AvgIpc) is 2.61. The number of benzene rings is 2. The Balaban J connectivity index is 2.12. The SMILES string of the molecule is CCOC(=O)/C=C/c1ccc(NC(=O)c2cccc(N=C(N)N)c2)cc1Cl. The zero-order chi connectivity index (χ0) is 19.8. The number of esters is 1. The summed E-state index contributed by atoms with van der Waals surface area (Å²) in [6, 6.07) is 11.5. The zero-order valence-corrected chi connectivity index (χ0v) is 15.4. The molecule has 2 rings (SSSR count). The van der Waals surface area contributed by atoms with Gasteiger partial charge in [-0.2, -0.15) is 0 Å². The standard InChI is InChI=1S/C19H19ClN4O3/c1-2-27-17(25)9-7-12-6-8-15(11-16(12)20)23-18(26)13-4-3-5-14(10-13)24-19(21)22/h3-11H,2H2,1H3,(H,23,26)(H4,21,22,24)/b9-7+. The second kappa shape index (κ2) is 9.40. The highest BCUT2D eigenvalue weighted by Crippen LogP contribution is 2.23. The highest BCUT2D eigenvalue weighted by atomic mass is 35.5. The molecule has 0 radical (unpaired) electrons. The molecule has 2 aromatic rings. The van der Waals surface area contributed by atoms with Crippen molar-refractivity contribution in [3.63, 3.8) is 0 Å². The molecule has 0 atom stereocenters. The van der Waals surface area contributed by atoms with E-state index in [0.29, 0.717) is 34.1 Å². The number of carbonyl (C=O) groups excluding carboxylic acids is 2. The summed E-state index contributed by atoms with van der Waals surface area (Å²) in [6.07, 6.45) is 2.84. The first-order valence-electron chi connectivity index (χ1n) is 8.04. The molecule has 0 spiro atoms. The van der Waals surface area contributed by atoms with Crippen LogP contribution >= 0.6 is 11.6 Å². The Bertz CT molecular complexity index is 906. The summed E-state index contributed by atoms with van der Waals surface area (Å²) in [5, 5.41) is 3.12. The molecule has 0 saturated carbocycles. The van der Waals surface area contributed by atoms with Crippen LogP contribution < -0.4 is 16.8 Å². The number of amides is 1. The lowest BCUT2D eigenvalue weighted by Gasteiger charge is -2.08. The van der Waals surface area contributed by atoms with Crippen molar-refractivity contribution in [1.29, 1.82) is 0 Å². The highest BCUT2D eigenvalue weighted by molar-refractivity contribution is 6.32. The van der Waals surface area contributed by atoms with Crippen LogP contribution in [0.15, 0.2) is 53.5 Å². The van der Waals surface area contributed by atoms with Crippen LogP contribution in [-0.4, -0.2) is 24.4 Å². The molecule has 0 aliphatic heterocycles. The number of nitrogens with zero attached hydrogens (tertiary/aromatic N) is 1. The van der Waals surface area contributed by atoms with E-state index in [2.05, 4.69) is 10.3 Å². The van der Waals surface area contributed by atoms with Crippen molar-refractivity contribution in [3.8, 4) is 0 Å². The maximum absolute atomic E-state index is 12.4. The summed E-state index contributed by atoms with van der Waals surface area (Å²) in [6.45, 7) is 2.02. The van der Waals surface area contributed by atoms with Gasteiger partial charge in [-0.25, -0.2) is 9.79 Å². The molecule has 0 bridgehead atoms. The van der Waals surface area contributed by atoms with E-state index < -0.39 is 5.97 Å². The predicted octanol–water partition coefficient (Wildman–Crippen LogP) is 3.07. The van der Waals surface area contributed by atoms with Gasteiger partial charge in [-0.3, -0.25) is 4.79 Å². The van der Waals surface area contributed by atoms with Crippen LogP contribution in [-0.2, 0) is 9.53 Å². The molecule has 27 heavy (non-hydrogen) atoms. The second-order valence-electron chi connectivity index (χ2n) is 5.36. The van der Waals surface area contributed by atoms with E-state index in [9.17, 15) is 9.59 Å². The van der Waals surface area contributed by atoms with Crippen molar-refractivity contribution in [2.45, 2.75) is 6.92 Å². The molecular weight excluding hydrogens is 368 g/mol. The average molecular weight is 387 g/mol. The van der Waals surface area contributed by atoms with Crippen molar-refractivity contribution in [3.05, 3.63) is 64.7 Å². The lowest BCUT2D eigenvalue weighted by molar-refractivity contribution is -0.137. The molecule has 1 amide bonds. The first-order valence-corrected chi connectivity index (χ1v) is 8.42. The Morgan fingerprint density at radius 3 is 2.67 bits per heavy atom. The molecule has 5 N–H and O–H groups in total. The topological polar surface area (TPSA) is 120 Å². The number of anilines is 1. The third-order valence-corrected chi connectivity index (χ3v) is 3.64. The van der Waals surface area contributed by atoms with Crippen LogP contribution in [0.5, 0.6) is 0 Å². The number of aliphatic imine (C=N–C) groups is 1. The van der Waals surface area contributed by atoms with E-state index in [-0.39, 0.29) is 11.9 Å². The second-order valence-corrected chi connectivity index (χ2v) is 5.77. The van der Waals surface area contributed by atoms with Gasteiger partial charge in [-0.15, -0.1) is 0 Å². The molecule has 0 aliphatic carbocycles. The van der Waals surface area contributed by atoms with E-state index in [4.69, 9.17) is 27.8 Å². The summed E-state index contributed by atoms with van der Waals surface area (Å²) in [5.41, 5.74) is 12.7. The summed E-state index contributed by atoms with van der Waals surface area (Å²) >= 11 is 6.20. The van der Waals surface area contributed by atoms with Gasteiger partial charge in [-0.1, -0.05) is 23.7 Å². The summed E-state index contributed by atoms with van der Waals surface area (Å²) < 4.78 is 4.81.